The number of carbonyl (C=O) groups excluding carboxylic acids is 9. The van der Waals surface area contributed by atoms with Crippen molar-refractivity contribution < 1.29 is 52.6 Å². The predicted molar refractivity (Wildman–Crippen MR) is 275 cm³/mol. The number of hydrazine groups is 1. The molecule has 2 aliphatic heterocycles. The molecule has 408 valence electrons. The quantitative estimate of drug-likeness (QED) is 0.0346. The molecule has 20 heteroatoms. The van der Waals surface area contributed by atoms with Crippen LogP contribution in [-0.4, -0.2) is 152 Å². The normalized spacial score (nSPS) is 18.3. The monoisotopic (exact) mass is 1020 g/mol. The summed E-state index contributed by atoms with van der Waals surface area (Å²) in [6.45, 7) is 12.1. The number of methoxy groups -OCH3 is 2. The number of nitrogens with two attached hydrogens (primary N) is 1. The SMILES string of the molecule is CC[C@H](C)[C@@H]([C@@H](CC(=O)N1CCC[C@H]1[C@H](OC)[C@@H](C)C(=O)N[C@@H](Cc1ccccc1)C(N)=O)OC)N(C)C(=O)[C@@H](NC(=O)[C@@H](NC)C(C)CCCCC(=O)NNC(=O)CCCCCN1C(=O)C=CC1=O)C(C)C. The number of imide groups is 1. The Hall–Kier alpha value is -5.73. The zero-order valence-corrected chi connectivity index (χ0v) is 44.9. The number of primary amides is 1. The first kappa shape index (κ1) is 61.6. The van der Waals surface area contributed by atoms with Gasteiger partial charge in [-0.15, -0.1) is 0 Å². The van der Waals surface area contributed by atoms with Gasteiger partial charge in [0.1, 0.15) is 12.1 Å². The van der Waals surface area contributed by atoms with Crippen LogP contribution in [0.2, 0.25) is 0 Å². The van der Waals surface area contributed by atoms with E-state index in [2.05, 4.69) is 26.8 Å². The van der Waals surface area contributed by atoms with Gasteiger partial charge in [0.2, 0.25) is 41.4 Å². The molecule has 20 nitrogen and oxygen atoms in total. The average Bonchev–Trinajstić information content (AvgIpc) is 3.98. The summed E-state index contributed by atoms with van der Waals surface area (Å²) in [6.07, 6.45) is 7.00. The minimum atomic E-state index is -0.939. The largest absolute Gasteiger partial charge is 0.379 e. The van der Waals surface area contributed by atoms with Gasteiger partial charge in [-0.2, -0.15) is 0 Å². The van der Waals surface area contributed by atoms with Crippen LogP contribution in [0.5, 0.6) is 0 Å². The van der Waals surface area contributed by atoms with Gasteiger partial charge in [-0.3, -0.25) is 58.9 Å². The Labute approximate surface area is 432 Å². The van der Waals surface area contributed by atoms with Crippen LogP contribution in [0.1, 0.15) is 124 Å². The zero-order valence-electron chi connectivity index (χ0n) is 44.9. The summed E-state index contributed by atoms with van der Waals surface area (Å²) in [5.74, 6) is -4.63. The highest BCUT2D eigenvalue weighted by atomic mass is 16.5. The van der Waals surface area contributed by atoms with E-state index in [1.165, 1.54) is 26.4 Å². The van der Waals surface area contributed by atoms with E-state index in [-0.39, 0.29) is 84.8 Å². The predicted octanol–water partition coefficient (Wildman–Crippen LogP) is 2.68. The molecule has 0 saturated carbocycles. The smallest absolute Gasteiger partial charge is 0.253 e. The van der Waals surface area contributed by atoms with Crippen LogP contribution in [0, 0.1) is 23.7 Å². The van der Waals surface area contributed by atoms with Crippen molar-refractivity contribution in [2.45, 2.75) is 167 Å². The van der Waals surface area contributed by atoms with Crippen LogP contribution in [-0.2, 0) is 59.0 Å². The van der Waals surface area contributed by atoms with Crippen LogP contribution in [0.4, 0.5) is 0 Å². The highest BCUT2D eigenvalue weighted by molar-refractivity contribution is 6.12. The number of nitrogens with zero attached hydrogens (tertiary/aromatic N) is 3. The standard InChI is InChI=1S/C53H85N9O11/c1-11-34(4)48(40(72-9)32-45(67)61-30-20-24-39(61)49(73-10)36(6)51(69)56-38(50(54)68)31-37-22-14-12-15-23-37)60(8)53(71)46(33(2)3)57-52(70)47(55-7)35(5)21-17-18-26-42(64)59-58-41(63)25-16-13-19-29-62-43(65)27-28-44(62)66/h12,14-15,22-23,27-28,33-36,38-40,46-49,55H,11,13,16-21,24-26,29-32H2,1-10H3,(H2,54,68)(H,56,69)(H,57,70)(H,58,63)(H,59,64)/t34-,35?,36+,38-,39-,40+,46-,47-,48-,49+/m0/s1. The summed E-state index contributed by atoms with van der Waals surface area (Å²) >= 11 is 0. The van der Waals surface area contributed by atoms with Gasteiger partial charge in [0.25, 0.3) is 11.8 Å². The average molecular weight is 1020 g/mol. The number of hydrogen-bond acceptors (Lipinski definition) is 12. The van der Waals surface area contributed by atoms with Crippen molar-refractivity contribution in [2.24, 2.45) is 29.4 Å². The van der Waals surface area contributed by atoms with Gasteiger partial charge >= 0.3 is 0 Å². The minimum Gasteiger partial charge on any atom is -0.379 e. The Morgan fingerprint density at radius 3 is 1.96 bits per heavy atom. The first-order chi connectivity index (χ1) is 34.7. The number of unbranched alkanes of at least 4 members (excludes halogenated alkanes) is 3. The van der Waals surface area contributed by atoms with E-state index in [9.17, 15) is 43.2 Å². The maximum atomic E-state index is 14.5. The number of rotatable bonds is 32. The van der Waals surface area contributed by atoms with E-state index < -0.39 is 60.1 Å². The Morgan fingerprint density at radius 2 is 1.41 bits per heavy atom. The summed E-state index contributed by atoms with van der Waals surface area (Å²) < 4.78 is 12.0. The lowest BCUT2D eigenvalue weighted by Crippen LogP contribution is -2.59. The molecular formula is C53H85N9O11. The van der Waals surface area contributed by atoms with E-state index in [1.807, 2.05) is 65.0 Å². The summed E-state index contributed by atoms with van der Waals surface area (Å²) in [4.78, 5) is 121. The van der Waals surface area contributed by atoms with Crippen molar-refractivity contribution in [1.29, 1.82) is 0 Å². The van der Waals surface area contributed by atoms with Crippen molar-refractivity contribution in [3.05, 3.63) is 48.0 Å². The van der Waals surface area contributed by atoms with Crippen LogP contribution < -0.4 is 32.5 Å². The lowest BCUT2D eigenvalue weighted by Gasteiger charge is -2.41. The summed E-state index contributed by atoms with van der Waals surface area (Å²) in [6, 6.07) is 5.78. The molecule has 0 bridgehead atoms. The maximum absolute atomic E-state index is 14.5. The molecule has 3 rings (SSSR count). The highest BCUT2D eigenvalue weighted by Crippen LogP contribution is 2.30. The van der Waals surface area contributed by atoms with Gasteiger partial charge in [-0.25, -0.2) is 0 Å². The van der Waals surface area contributed by atoms with E-state index in [1.54, 1.807) is 30.8 Å². The fourth-order valence-electron chi connectivity index (χ4n) is 9.90. The number of likely N-dealkylation sites (N-methyl/N-ethyl adjacent to an activating group) is 2. The molecular weight excluding hydrogens is 939 g/mol. The van der Waals surface area contributed by atoms with Crippen molar-refractivity contribution in [2.75, 3.05) is 41.4 Å². The van der Waals surface area contributed by atoms with Gasteiger partial charge in [0.15, 0.2) is 0 Å². The number of ether oxygens (including phenoxy) is 2. The second kappa shape index (κ2) is 31.1. The van der Waals surface area contributed by atoms with Crippen molar-refractivity contribution in [3.63, 3.8) is 0 Å². The number of amides is 9. The molecule has 2 heterocycles. The molecule has 1 fully saturated rings. The third kappa shape index (κ3) is 18.6. The lowest BCUT2D eigenvalue weighted by atomic mass is 9.89. The molecule has 1 unspecified atom stereocenters. The zero-order chi connectivity index (χ0) is 54.4. The first-order valence-electron chi connectivity index (χ1n) is 26.0. The van der Waals surface area contributed by atoms with Crippen LogP contribution in [0.3, 0.4) is 0 Å². The van der Waals surface area contributed by atoms with Crippen LogP contribution >= 0.6 is 0 Å². The highest BCUT2D eigenvalue weighted by Gasteiger charge is 2.43. The first-order valence-corrected chi connectivity index (χ1v) is 26.0. The van der Waals surface area contributed by atoms with E-state index in [0.717, 1.165) is 10.5 Å². The summed E-state index contributed by atoms with van der Waals surface area (Å²) in [7, 11) is 6.38. The number of hydrogen-bond donors (Lipinski definition) is 6. The second-order valence-corrected chi connectivity index (χ2v) is 20.0. The van der Waals surface area contributed by atoms with Gasteiger partial charge in [-0.05, 0) is 68.9 Å². The number of likely N-dealkylation sites (tertiary alicyclic amines) is 1. The van der Waals surface area contributed by atoms with Gasteiger partial charge in [0, 0.05) is 65.8 Å². The fourth-order valence-corrected chi connectivity index (χ4v) is 9.90. The molecule has 0 aliphatic carbocycles. The fraction of sp³-hybridized carbons (Fsp3) is 0.679. The molecule has 1 saturated heterocycles. The van der Waals surface area contributed by atoms with Gasteiger partial charge in [0.05, 0.1) is 42.7 Å². The molecule has 0 radical (unpaired) electrons. The van der Waals surface area contributed by atoms with Crippen molar-refractivity contribution in [3.8, 4) is 0 Å². The summed E-state index contributed by atoms with van der Waals surface area (Å²) in [5.41, 5.74) is 11.4. The van der Waals surface area contributed by atoms with Crippen molar-refractivity contribution in [1.82, 2.24) is 41.5 Å². The number of carbonyl (C=O) groups is 9. The van der Waals surface area contributed by atoms with E-state index in [4.69, 9.17) is 15.2 Å². The molecule has 1 aromatic carbocycles. The van der Waals surface area contributed by atoms with Crippen molar-refractivity contribution >= 4 is 53.2 Å². The van der Waals surface area contributed by atoms with Gasteiger partial charge < -0.3 is 41.0 Å². The molecule has 2 aliphatic rings. The Balaban J connectivity index is 1.56. The molecule has 1 aromatic rings. The number of nitrogens with one attached hydrogen (secondary N) is 5. The Bertz CT molecular complexity index is 2020. The maximum Gasteiger partial charge on any atom is 0.253 e. The molecule has 9 amide bonds. The molecule has 7 N–H and O–H groups in total. The molecule has 0 aromatic heterocycles. The van der Waals surface area contributed by atoms with E-state index in [0.29, 0.717) is 70.9 Å². The van der Waals surface area contributed by atoms with E-state index >= 15 is 0 Å². The summed E-state index contributed by atoms with van der Waals surface area (Å²) in [5, 5.41) is 8.92. The molecule has 0 spiro atoms. The second-order valence-electron chi connectivity index (χ2n) is 20.0. The lowest BCUT2D eigenvalue weighted by molar-refractivity contribution is -0.148. The van der Waals surface area contributed by atoms with Crippen LogP contribution in [0.15, 0.2) is 42.5 Å². The number of benzene rings is 1. The molecule has 10 atom stereocenters. The third-order valence-corrected chi connectivity index (χ3v) is 14.4. The van der Waals surface area contributed by atoms with Crippen LogP contribution in [0.25, 0.3) is 0 Å². The Kier molecular flexibility index (Phi) is 26.2. The third-order valence-electron chi connectivity index (χ3n) is 14.4. The molecule has 73 heavy (non-hydrogen) atoms. The minimum absolute atomic E-state index is 0.0551. The van der Waals surface area contributed by atoms with Gasteiger partial charge in [-0.1, -0.05) is 91.1 Å². The Morgan fingerprint density at radius 1 is 0.795 bits per heavy atom. The topological polar surface area (TPSA) is 268 Å².